The highest BCUT2D eigenvalue weighted by Gasteiger charge is 2.13. The van der Waals surface area contributed by atoms with Crippen molar-refractivity contribution < 1.29 is 19.4 Å². The number of rotatable bonds is 5. The zero-order valence-electron chi connectivity index (χ0n) is 15.7. The summed E-state index contributed by atoms with van der Waals surface area (Å²) in [4.78, 5) is 27.9. The van der Waals surface area contributed by atoms with Crippen LogP contribution in [0.1, 0.15) is 26.3 Å². The molecule has 0 bridgehead atoms. The Balaban J connectivity index is 2.00. The van der Waals surface area contributed by atoms with E-state index in [0.29, 0.717) is 21.6 Å². The molecule has 1 aromatic heterocycles. The van der Waals surface area contributed by atoms with Gasteiger partial charge in [-0.3, -0.25) is 9.79 Å². The molecule has 1 amide bonds. The van der Waals surface area contributed by atoms with E-state index in [2.05, 4.69) is 14.8 Å². The Morgan fingerprint density at radius 2 is 1.93 bits per heavy atom. The van der Waals surface area contributed by atoms with E-state index in [1.165, 1.54) is 30.6 Å². The Morgan fingerprint density at radius 3 is 2.55 bits per heavy atom. The monoisotopic (exact) mass is 410 g/mol. The maximum atomic E-state index is 11.5. The third kappa shape index (κ3) is 4.25. The van der Waals surface area contributed by atoms with E-state index >= 15 is 0 Å². The number of carbonyl (C=O) groups is 2. The Kier molecular flexibility index (Phi) is 5.89. The van der Waals surface area contributed by atoms with Gasteiger partial charge in [-0.05, 0) is 35.9 Å². The fourth-order valence-electron chi connectivity index (χ4n) is 2.60. The predicted molar refractivity (Wildman–Crippen MR) is 110 cm³/mol. The summed E-state index contributed by atoms with van der Waals surface area (Å²) < 4.78 is 6.31. The van der Waals surface area contributed by atoms with E-state index in [1.807, 2.05) is 5.38 Å². The van der Waals surface area contributed by atoms with Crippen molar-refractivity contribution in [2.45, 2.75) is 0 Å². The lowest BCUT2D eigenvalue weighted by Crippen LogP contribution is -2.13. The summed E-state index contributed by atoms with van der Waals surface area (Å²) in [6.45, 7) is 0. The molecular formula is C20H18N4O4S. The highest BCUT2D eigenvalue weighted by atomic mass is 32.1. The Bertz CT molecular complexity index is 1160. The van der Waals surface area contributed by atoms with Crippen molar-refractivity contribution in [3.8, 4) is 17.0 Å². The minimum absolute atomic E-state index is 0.0256. The summed E-state index contributed by atoms with van der Waals surface area (Å²) in [7, 11) is 2.98. The number of aromatic hydroxyl groups is 1. The smallest absolute Gasteiger partial charge is 0.337 e. The van der Waals surface area contributed by atoms with Crippen molar-refractivity contribution in [1.82, 2.24) is 4.68 Å². The van der Waals surface area contributed by atoms with Gasteiger partial charge in [0.25, 0.3) is 5.91 Å². The number of hydrogen-bond donors (Lipinski definition) is 2. The normalized spacial score (nSPS) is 11.7. The van der Waals surface area contributed by atoms with Gasteiger partial charge in [-0.25, -0.2) is 9.47 Å². The number of primary amides is 1. The van der Waals surface area contributed by atoms with Crippen molar-refractivity contribution >= 4 is 29.4 Å². The van der Waals surface area contributed by atoms with Crippen molar-refractivity contribution in [3.05, 3.63) is 69.3 Å². The Hall–Kier alpha value is -3.72. The number of methoxy groups -OCH3 is 1. The van der Waals surface area contributed by atoms with Crippen LogP contribution < -0.4 is 10.5 Å². The molecule has 2 aromatic carbocycles. The first-order valence-electron chi connectivity index (χ1n) is 8.44. The molecule has 1 heterocycles. The van der Waals surface area contributed by atoms with Crippen LogP contribution >= 0.6 is 11.3 Å². The number of nitrogens with two attached hydrogens (primary N) is 1. The predicted octanol–water partition coefficient (Wildman–Crippen LogP) is 2.22. The summed E-state index contributed by atoms with van der Waals surface area (Å²) >= 11 is 1.38. The van der Waals surface area contributed by atoms with Crippen LogP contribution in [0.4, 0.5) is 0 Å². The van der Waals surface area contributed by atoms with E-state index < -0.39 is 11.9 Å². The summed E-state index contributed by atoms with van der Waals surface area (Å²) in [6.07, 6.45) is 1.63. The third-order valence-corrected chi connectivity index (χ3v) is 5.00. The van der Waals surface area contributed by atoms with Crippen LogP contribution in [0.15, 0.2) is 57.9 Å². The number of phenols is 1. The Labute approximate surface area is 170 Å². The molecule has 3 aromatic rings. The van der Waals surface area contributed by atoms with E-state index in [9.17, 15) is 14.7 Å². The molecule has 0 radical (unpaired) electrons. The molecule has 3 rings (SSSR count). The number of hydrogen-bond acceptors (Lipinski definition) is 7. The number of carbonyl (C=O) groups excluding carboxylic acids is 2. The number of benzene rings is 2. The zero-order valence-corrected chi connectivity index (χ0v) is 16.5. The third-order valence-electron chi connectivity index (χ3n) is 4.09. The highest BCUT2D eigenvalue weighted by Crippen LogP contribution is 2.26. The molecule has 0 aliphatic carbocycles. The lowest BCUT2D eigenvalue weighted by Gasteiger charge is -2.06. The summed E-state index contributed by atoms with van der Waals surface area (Å²) in [5, 5.41) is 16.2. The van der Waals surface area contributed by atoms with E-state index in [4.69, 9.17) is 5.73 Å². The van der Waals surface area contributed by atoms with Gasteiger partial charge in [0, 0.05) is 18.0 Å². The van der Waals surface area contributed by atoms with Crippen LogP contribution in [0.2, 0.25) is 0 Å². The van der Waals surface area contributed by atoms with Crippen LogP contribution in [0.3, 0.4) is 0 Å². The standard InChI is InChI=1S/C20H18N4O4S/c1-22-20-24(23-10-12-3-5-13(6-4-12)19(27)28-2)16(11-29-20)14-7-8-17(25)15(9-14)18(21)26/h3-11,25H,1-2H3,(H2,21,26)/b22-20?,23-10-. The molecule has 8 nitrogen and oxygen atoms in total. The van der Waals surface area contributed by atoms with Crippen LogP contribution in [0, 0.1) is 0 Å². The summed E-state index contributed by atoms with van der Waals surface area (Å²) in [5.74, 6) is -1.31. The molecule has 148 valence electrons. The maximum absolute atomic E-state index is 11.5. The fraction of sp³-hybridized carbons (Fsp3) is 0.100. The van der Waals surface area contributed by atoms with Crippen LogP contribution in [0.5, 0.6) is 5.75 Å². The second-order valence-electron chi connectivity index (χ2n) is 5.89. The van der Waals surface area contributed by atoms with Gasteiger partial charge < -0.3 is 15.6 Å². The van der Waals surface area contributed by atoms with Gasteiger partial charge in [-0.1, -0.05) is 12.1 Å². The van der Waals surface area contributed by atoms with Crippen LogP contribution in [0.25, 0.3) is 11.3 Å². The van der Waals surface area contributed by atoms with Gasteiger partial charge in [0.15, 0.2) is 0 Å². The SMILES string of the molecule is CN=c1scc(-c2ccc(O)c(C(N)=O)c2)n1/N=C\c1ccc(C(=O)OC)cc1. The molecule has 0 saturated carbocycles. The zero-order chi connectivity index (χ0) is 21.0. The molecule has 9 heteroatoms. The molecule has 0 unspecified atom stereocenters. The second-order valence-corrected chi connectivity index (χ2v) is 6.73. The average molecular weight is 410 g/mol. The van der Waals surface area contributed by atoms with Gasteiger partial charge in [-0.2, -0.15) is 5.10 Å². The van der Waals surface area contributed by atoms with Crippen LogP contribution in [-0.2, 0) is 4.74 Å². The first kappa shape index (κ1) is 20.0. The first-order valence-corrected chi connectivity index (χ1v) is 9.32. The number of aromatic nitrogens is 1. The quantitative estimate of drug-likeness (QED) is 0.495. The molecule has 3 N–H and O–H groups in total. The molecular weight excluding hydrogens is 392 g/mol. The van der Waals surface area contributed by atoms with Gasteiger partial charge >= 0.3 is 5.97 Å². The van der Waals surface area contributed by atoms with Crippen molar-refractivity contribution in [3.63, 3.8) is 0 Å². The molecule has 0 saturated heterocycles. The van der Waals surface area contributed by atoms with Crippen molar-refractivity contribution in [2.75, 3.05) is 14.2 Å². The number of ether oxygens (including phenoxy) is 1. The maximum Gasteiger partial charge on any atom is 0.337 e. The number of amides is 1. The molecule has 0 aliphatic rings. The average Bonchev–Trinajstić information content (AvgIpc) is 3.15. The Morgan fingerprint density at radius 1 is 1.21 bits per heavy atom. The summed E-state index contributed by atoms with van der Waals surface area (Å²) in [6, 6.07) is 11.4. The molecule has 29 heavy (non-hydrogen) atoms. The minimum Gasteiger partial charge on any atom is -0.507 e. The first-order chi connectivity index (χ1) is 13.9. The van der Waals surface area contributed by atoms with Crippen LogP contribution in [-0.4, -0.2) is 42.0 Å². The van der Waals surface area contributed by atoms with Gasteiger partial charge in [-0.15, -0.1) is 11.3 Å². The molecule has 0 spiro atoms. The number of esters is 1. The minimum atomic E-state index is -0.722. The number of thiazole rings is 1. The topological polar surface area (TPSA) is 119 Å². The van der Waals surface area contributed by atoms with Gasteiger partial charge in [0.05, 0.1) is 30.1 Å². The summed E-state index contributed by atoms with van der Waals surface area (Å²) in [5.41, 5.74) is 7.90. The van der Waals surface area contributed by atoms with Gasteiger partial charge in [0.1, 0.15) is 5.75 Å². The lowest BCUT2D eigenvalue weighted by molar-refractivity contribution is 0.0600. The van der Waals surface area contributed by atoms with Crippen molar-refractivity contribution in [1.29, 1.82) is 0 Å². The van der Waals surface area contributed by atoms with Crippen molar-refractivity contribution in [2.24, 2.45) is 15.8 Å². The number of nitrogens with zero attached hydrogens (tertiary/aromatic N) is 3. The van der Waals surface area contributed by atoms with E-state index in [-0.39, 0.29) is 11.3 Å². The lowest BCUT2D eigenvalue weighted by atomic mass is 10.1. The largest absolute Gasteiger partial charge is 0.507 e. The molecule has 0 atom stereocenters. The fourth-order valence-corrected chi connectivity index (χ4v) is 3.40. The van der Waals surface area contributed by atoms with E-state index in [1.54, 1.807) is 48.3 Å². The highest BCUT2D eigenvalue weighted by molar-refractivity contribution is 7.07. The second kappa shape index (κ2) is 8.53. The molecule has 0 aliphatic heterocycles. The van der Waals surface area contributed by atoms with E-state index in [0.717, 1.165) is 5.56 Å². The van der Waals surface area contributed by atoms with Gasteiger partial charge in [0.2, 0.25) is 4.80 Å². The molecule has 0 fully saturated rings.